The zero-order valence-corrected chi connectivity index (χ0v) is 17.0. The third kappa shape index (κ3) is 15.9. The van der Waals surface area contributed by atoms with Crippen LogP contribution in [0.25, 0.3) is 0 Å². The number of esters is 1. The lowest BCUT2D eigenvalue weighted by molar-refractivity contribution is -0.143. The number of unbranched alkanes of at least 4 members (excludes halogenated alkanes) is 3. The fourth-order valence-electron chi connectivity index (χ4n) is 2.18. The maximum absolute atomic E-state index is 11.2. The van der Waals surface area contributed by atoms with Gasteiger partial charge in [0.2, 0.25) is 0 Å². The van der Waals surface area contributed by atoms with Crippen LogP contribution in [0.5, 0.6) is 0 Å². The molecule has 8 heteroatoms. The SMILES string of the molecule is CCNC(=NCCCCCCC(=O)OCC)NC(C)CCS(C)(=O)=O. The average molecular weight is 378 g/mol. The second-order valence-electron chi connectivity index (χ2n) is 6.19. The summed E-state index contributed by atoms with van der Waals surface area (Å²) in [6, 6.07) is 0.0390. The third-order valence-corrected chi connectivity index (χ3v) is 4.49. The molecule has 1 unspecified atom stereocenters. The maximum atomic E-state index is 11.2. The summed E-state index contributed by atoms with van der Waals surface area (Å²) in [5.41, 5.74) is 0. The van der Waals surface area contributed by atoms with Crippen molar-refractivity contribution in [1.29, 1.82) is 0 Å². The van der Waals surface area contributed by atoms with E-state index in [1.165, 1.54) is 6.26 Å². The fraction of sp³-hybridized carbons (Fsp3) is 0.882. The first kappa shape index (κ1) is 23.7. The van der Waals surface area contributed by atoms with Gasteiger partial charge in [0.25, 0.3) is 0 Å². The predicted molar refractivity (Wildman–Crippen MR) is 103 cm³/mol. The van der Waals surface area contributed by atoms with Crippen LogP contribution < -0.4 is 10.6 Å². The zero-order valence-electron chi connectivity index (χ0n) is 16.1. The minimum absolute atomic E-state index is 0.0390. The van der Waals surface area contributed by atoms with Gasteiger partial charge in [0.1, 0.15) is 9.84 Å². The molecule has 0 fully saturated rings. The van der Waals surface area contributed by atoms with Gasteiger partial charge in [-0.25, -0.2) is 8.42 Å². The minimum atomic E-state index is -2.94. The number of sulfone groups is 1. The lowest BCUT2D eigenvalue weighted by atomic mass is 10.1. The van der Waals surface area contributed by atoms with Crippen molar-refractivity contribution in [3.63, 3.8) is 0 Å². The summed E-state index contributed by atoms with van der Waals surface area (Å²) in [6.45, 7) is 7.66. The van der Waals surface area contributed by atoms with Crippen LogP contribution in [0.4, 0.5) is 0 Å². The summed E-state index contributed by atoms with van der Waals surface area (Å²) >= 11 is 0. The molecule has 1 atom stereocenters. The van der Waals surface area contributed by atoms with Crippen LogP contribution in [0.2, 0.25) is 0 Å². The van der Waals surface area contributed by atoms with Crippen LogP contribution in [0.3, 0.4) is 0 Å². The highest BCUT2D eigenvalue weighted by Crippen LogP contribution is 2.04. The summed E-state index contributed by atoms with van der Waals surface area (Å²) in [5, 5.41) is 6.40. The Morgan fingerprint density at radius 1 is 1.16 bits per heavy atom. The Balaban J connectivity index is 4.00. The van der Waals surface area contributed by atoms with Crippen molar-refractivity contribution in [2.45, 2.75) is 65.3 Å². The van der Waals surface area contributed by atoms with Gasteiger partial charge < -0.3 is 15.4 Å². The standard InChI is InChI=1S/C17H35N3O4S/c1-5-18-17(20-15(3)12-14-25(4,22)23)19-13-10-8-7-9-11-16(21)24-6-2/h15H,5-14H2,1-4H3,(H2,18,19,20). The Hall–Kier alpha value is -1.31. The highest BCUT2D eigenvalue weighted by atomic mass is 32.2. The van der Waals surface area contributed by atoms with Crippen LogP contribution in [-0.2, 0) is 19.4 Å². The van der Waals surface area contributed by atoms with Gasteiger partial charge in [-0.3, -0.25) is 9.79 Å². The maximum Gasteiger partial charge on any atom is 0.305 e. The molecule has 0 aromatic rings. The number of hydrogen-bond donors (Lipinski definition) is 2. The molecule has 0 aliphatic heterocycles. The molecule has 0 heterocycles. The molecule has 7 nitrogen and oxygen atoms in total. The van der Waals surface area contributed by atoms with E-state index in [2.05, 4.69) is 15.6 Å². The highest BCUT2D eigenvalue weighted by Gasteiger charge is 2.09. The molecule has 0 rings (SSSR count). The Kier molecular flexibility index (Phi) is 13.2. The van der Waals surface area contributed by atoms with Crippen LogP contribution in [-0.4, -0.2) is 58.1 Å². The Bertz CT molecular complexity index is 492. The lowest BCUT2D eigenvalue weighted by Gasteiger charge is -2.17. The number of aliphatic imine (C=N–C) groups is 1. The van der Waals surface area contributed by atoms with Crippen molar-refractivity contribution in [2.75, 3.05) is 31.7 Å². The summed E-state index contributed by atoms with van der Waals surface area (Å²) in [6.07, 6.45) is 6.10. The molecule has 0 aliphatic carbocycles. The van der Waals surface area contributed by atoms with Gasteiger partial charge in [-0.05, 0) is 40.0 Å². The molecule has 0 aromatic heterocycles. The summed E-state index contributed by atoms with van der Waals surface area (Å²) in [4.78, 5) is 15.7. The van der Waals surface area contributed by atoms with E-state index in [1.54, 1.807) is 0 Å². The molecule has 0 saturated heterocycles. The zero-order chi connectivity index (χ0) is 19.1. The van der Waals surface area contributed by atoms with E-state index in [9.17, 15) is 13.2 Å². The molecule has 2 N–H and O–H groups in total. The molecule has 0 aromatic carbocycles. The van der Waals surface area contributed by atoms with Crippen molar-refractivity contribution in [3.05, 3.63) is 0 Å². The number of guanidine groups is 1. The van der Waals surface area contributed by atoms with Crippen LogP contribution in [0.15, 0.2) is 4.99 Å². The molecule has 25 heavy (non-hydrogen) atoms. The molecule has 0 radical (unpaired) electrons. The number of nitrogens with zero attached hydrogens (tertiary/aromatic N) is 1. The number of ether oxygens (including phenoxy) is 1. The van der Waals surface area contributed by atoms with Crippen LogP contribution >= 0.6 is 0 Å². The second-order valence-corrected chi connectivity index (χ2v) is 8.45. The summed E-state index contributed by atoms with van der Waals surface area (Å²) < 4.78 is 27.3. The highest BCUT2D eigenvalue weighted by molar-refractivity contribution is 7.90. The molecule has 148 valence electrons. The van der Waals surface area contributed by atoms with E-state index >= 15 is 0 Å². The van der Waals surface area contributed by atoms with Gasteiger partial charge >= 0.3 is 5.97 Å². The minimum Gasteiger partial charge on any atom is -0.466 e. The summed E-state index contributed by atoms with van der Waals surface area (Å²) in [7, 11) is -2.94. The first-order chi connectivity index (χ1) is 11.8. The van der Waals surface area contributed by atoms with Gasteiger partial charge in [-0.2, -0.15) is 0 Å². The van der Waals surface area contributed by atoms with Gasteiger partial charge in [0.15, 0.2) is 5.96 Å². The number of nitrogens with one attached hydrogen (secondary N) is 2. The molecule has 0 spiro atoms. The van der Waals surface area contributed by atoms with Crippen molar-refractivity contribution >= 4 is 21.8 Å². The Morgan fingerprint density at radius 2 is 1.84 bits per heavy atom. The van der Waals surface area contributed by atoms with E-state index in [-0.39, 0.29) is 17.8 Å². The lowest BCUT2D eigenvalue weighted by Crippen LogP contribution is -2.42. The molecule has 0 bridgehead atoms. The molecule has 0 saturated carbocycles. The fourth-order valence-corrected chi connectivity index (χ4v) is 2.96. The van der Waals surface area contributed by atoms with E-state index in [1.807, 2.05) is 20.8 Å². The number of carbonyl (C=O) groups is 1. The van der Waals surface area contributed by atoms with Gasteiger partial charge in [0.05, 0.1) is 12.4 Å². The van der Waals surface area contributed by atoms with Crippen LogP contribution in [0, 0.1) is 0 Å². The van der Waals surface area contributed by atoms with E-state index in [0.29, 0.717) is 26.0 Å². The second kappa shape index (κ2) is 13.9. The first-order valence-corrected chi connectivity index (χ1v) is 11.2. The summed E-state index contributed by atoms with van der Waals surface area (Å²) in [5.74, 6) is 0.762. The largest absolute Gasteiger partial charge is 0.466 e. The van der Waals surface area contributed by atoms with E-state index in [4.69, 9.17) is 4.74 Å². The van der Waals surface area contributed by atoms with Crippen molar-refractivity contribution in [2.24, 2.45) is 4.99 Å². The number of carbonyl (C=O) groups excluding carboxylic acids is 1. The van der Waals surface area contributed by atoms with E-state index < -0.39 is 9.84 Å². The quantitative estimate of drug-likeness (QED) is 0.220. The molecule has 0 aliphatic rings. The topological polar surface area (TPSA) is 96.9 Å². The van der Waals surface area contributed by atoms with Crippen molar-refractivity contribution in [3.8, 4) is 0 Å². The smallest absolute Gasteiger partial charge is 0.305 e. The molecular formula is C17H35N3O4S. The average Bonchev–Trinajstić information content (AvgIpc) is 2.51. The molecular weight excluding hydrogens is 342 g/mol. The normalized spacial score (nSPS) is 13.4. The number of hydrogen-bond acceptors (Lipinski definition) is 5. The van der Waals surface area contributed by atoms with E-state index in [0.717, 1.165) is 38.2 Å². The third-order valence-electron chi connectivity index (χ3n) is 3.51. The van der Waals surface area contributed by atoms with Crippen molar-refractivity contribution < 1.29 is 17.9 Å². The predicted octanol–water partition coefficient (Wildman–Crippen LogP) is 1.88. The monoisotopic (exact) mass is 377 g/mol. The number of rotatable bonds is 13. The molecule has 0 amide bonds. The van der Waals surface area contributed by atoms with Gasteiger partial charge in [-0.15, -0.1) is 0 Å². The Morgan fingerprint density at radius 3 is 2.44 bits per heavy atom. The van der Waals surface area contributed by atoms with Gasteiger partial charge in [0, 0.05) is 31.8 Å². The Labute approximate surface area is 152 Å². The first-order valence-electron chi connectivity index (χ1n) is 9.16. The van der Waals surface area contributed by atoms with Crippen molar-refractivity contribution in [1.82, 2.24) is 10.6 Å². The van der Waals surface area contributed by atoms with Gasteiger partial charge in [-0.1, -0.05) is 12.8 Å². The van der Waals surface area contributed by atoms with Crippen LogP contribution in [0.1, 0.15) is 59.3 Å².